The van der Waals surface area contributed by atoms with Gasteiger partial charge in [0, 0.05) is 6.61 Å². The van der Waals surface area contributed by atoms with Gasteiger partial charge < -0.3 is 35.1 Å². The lowest BCUT2D eigenvalue weighted by Crippen LogP contribution is -2.41. The van der Waals surface area contributed by atoms with Crippen LogP contribution >= 0.6 is 7.82 Å². The van der Waals surface area contributed by atoms with Gasteiger partial charge in [-0.1, -0.05) is 77.6 Å². The molecule has 54 heavy (non-hydrogen) atoms. The first-order valence-electron chi connectivity index (χ1n) is 18.6. The van der Waals surface area contributed by atoms with Crippen molar-refractivity contribution >= 4 is 19.2 Å². The molecule has 296 valence electrons. The summed E-state index contributed by atoms with van der Waals surface area (Å²) in [4.78, 5) is 14.4. The van der Waals surface area contributed by atoms with Crippen molar-refractivity contribution in [2.45, 2.75) is 121 Å². The van der Waals surface area contributed by atoms with E-state index < -0.39 is 56.9 Å². The smallest absolute Gasteiger partial charge is 0.387 e. The average Bonchev–Trinajstić information content (AvgIpc) is 3.71. The summed E-state index contributed by atoms with van der Waals surface area (Å²) >= 11 is 0. The zero-order valence-corrected chi connectivity index (χ0v) is 31.6. The van der Waals surface area contributed by atoms with Crippen LogP contribution in [-0.4, -0.2) is 80.5 Å². The largest absolute Gasteiger partial charge is 0.472 e. The van der Waals surface area contributed by atoms with Crippen molar-refractivity contribution in [1.82, 2.24) is 14.6 Å². The van der Waals surface area contributed by atoms with Crippen LogP contribution in [0.4, 0.5) is 10.2 Å². The van der Waals surface area contributed by atoms with Crippen LogP contribution in [0.5, 0.6) is 0 Å². The number of nitrogens with zero attached hydrogens (tertiary/aromatic N) is 5. The van der Waals surface area contributed by atoms with Gasteiger partial charge >= 0.3 is 7.82 Å². The average molecular weight is 775 g/mol. The van der Waals surface area contributed by atoms with Gasteiger partial charge in [-0.25, -0.2) is 18.5 Å². The molecule has 2 unspecified atom stereocenters. The normalized spacial score (nSPS) is 21.5. The Hall–Kier alpha value is -3.54. The number of nitriles is 2. The number of rotatable bonds is 25. The Kier molecular flexibility index (Phi) is 17.2. The second-order valence-corrected chi connectivity index (χ2v) is 15.0. The molecule has 3 aromatic rings. The second kappa shape index (κ2) is 21.5. The highest BCUT2D eigenvalue weighted by atomic mass is 31.2. The van der Waals surface area contributed by atoms with E-state index >= 15 is 0 Å². The summed E-state index contributed by atoms with van der Waals surface area (Å²) in [6.45, 7) is 1.29. The Balaban J connectivity index is 1.27. The zero-order chi connectivity index (χ0) is 39.0. The number of halogens is 1. The summed E-state index contributed by atoms with van der Waals surface area (Å²) in [5.41, 5.74) is 4.63. The molecule has 6 atom stereocenters. The zero-order valence-electron chi connectivity index (χ0n) is 30.7. The summed E-state index contributed by atoms with van der Waals surface area (Å²) in [5.74, 6) is -0.503. The Labute approximate surface area is 315 Å². The molecular formula is C37H52FN6O9P. The number of fused-ring (bicyclic) bond motifs is 1. The summed E-state index contributed by atoms with van der Waals surface area (Å²) in [7, 11) is -4.83. The van der Waals surface area contributed by atoms with Crippen LogP contribution in [0.2, 0.25) is 0 Å². The van der Waals surface area contributed by atoms with E-state index in [1.165, 1.54) is 86.6 Å². The number of nitrogens with two attached hydrogens (primary N) is 1. The van der Waals surface area contributed by atoms with E-state index in [0.29, 0.717) is 17.7 Å². The van der Waals surface area contributed by atoms with Crippen LogP contribution < -0.4 is 5.73 Å². The Morgan fingerprint density at radius 1 is 1.02 bits per heavy atom. The van der Waals surface area contributed by atoms with Gasteiger partial charge in [0.05, 0.1) is 43.8 Å². The molecule has 17 heteroatoms. The molecule has 0 spiro atoms. The maximum atomic E-state index is 14.0. The molecule has 0 radical (unpaired) electrons. The predicted octanol–water partition coefficient (Wildman–Crippen LogP) is 5.60. The number of anilines is 1. The first-order chi connectivity index (χ1) is 26.0. The summed E-state index contributed by atoms with van der Waals surface area (Å²) < 4.78 is 56.0. The fourth-order valence-electron chi connectivity index (χ4n) is 6.35. The topological polar surface area (TPSA) is 228 Å². The summed E-state index contributed by atoms with van der Waals surface area (Å²) in [6, 6.07) is 10.5. The number of aromatic nitrogens is 3. The highest BCUT2D eigenvalue weighted by Crippen LogP contribution is 2.46. The van der Waals surface area contributed by atoms with Gasteiger partial charge in [-0.15, -0.1) is 0 Å². The first-order valence-corrected chi connectivity index (χ1v) is 20.1. The predicted molar refractivity (Wildman–Crippen MR) is 195 cm³/mol. The van der Waals surface area contributed by atoms with E-state index in [1.807, 2.05) is 12.1 Å². The molecule has 1 aliphatic rings. The number of nitrogen functional groups attached to an aromatic ring is 1. The molecule has 1 fully saturated rings. The van der Waals surface area contributed by atoms with E-state index in [2.05, 4.69) is 17.0 Å². The third-order valence-electron chi connectivity index (χ3n) is 9.33. The Bertz CT molecular complexity index is 1750. The molecular weight excluding hydrogens is 722 g/mol. The molecule has 0 saturated carbocycles. The van der Waals surface area contributed by atoms with Gasteiger partial charge in [-0.05, 0) is 42.3 Å². The standard InChI is InChI=1S/C37H52FN6O9P/c1-2-3-4-5-6-7-8-9-10-11-12-13-16-49-22-30(50-21-28-17-27(20-39)18-29(38)19-28)23-51-54(47,48)52-24-32-34(45)35(46)37(25-40,53-32)33-15-14-31-36(41)42-26-43-44(31)33/h14-15,17-19,26,30,32,34-35,45-46H,2-13,16,21-24H2,1H3,(H,47,48)(H2,41,42,43)/t30-,32?,34-,35-,37+/m1/s1. The highest BCUT2D eigenvalue weighted by molar-refractivity contribution is 7.47. The van der Waals surface area contributed by atoms with Gasteiger partial charge in [0.2, 0.25) is 5.60 Å². The van der Waals surface area contributed by atoms with Crippen LogP contribution in [0.25, 0.3) is 5.52 Å². The van der Waals surface area contributed by atoms with Crippen molar-refractivity contribution < 1.29 is 47.3 Å². The minimum atomic E-state index is -4.83. The molecule has 1 aliphatic heterocycles. The number of unbranched alkanes of at least 4 members (excludes halogenated alkanes) is 11. The van der Waals surface area contributed by atoms with Gasteiger partial charge in [0.25, 0.3) is 0 Å². The van der Waals surface area contributed by atoms with Crippen LogP contribution in [0.15, 0.2) is 36.7 Å². The summed E-state index contributed by atoms with van der Waals surface area (Å²) in [5, 5.41) is 45.1. The van der Waals surface area contributed by atoms with E-state index in [9.17, 15) is 34.6 Å². The third kappa shape index (κ3) is 12.2. The van der Waals surface area contributed by atoms with Crippen molar-refractivity contribution in [3.63, 3.8) is 0 Å². The van der Waals surface area contributed by atoms with Crippen LogP contribution in [-0.2, 0) is 40.0 Å². The maximum absolute atomic E-state index is 14.0. The van der Waals surface area contributed by atoms with Crippen molar-refractivity contribution in [3.8, 4) is 12.1 Å². The molecule has 4 rings (SSSR count). The van der Waals surface area contributed by atoms with Gasteiger partial charge in [0.1, 0.15) is 48.1 Å². The van der Waals surface area contributed by atoms with Crippen LogP contribution in [0, 0.1) is 28.5 Å². The fourth-order valence-corrected chi connectivity index (χ4v) is 7.11. The molecule has 0 amide bonds. The number of aliphatic hydroxyl groups excluding tert-OH is 2. The van der Waals surface area contributed by atoms with Crippen molar-refractivity contribution in [1.29, 1.82) is 10.5 Å². The molecule has 15 nitrogen and oxygen atoms in total. The molecule has 5 N–H and O–H groups in total. The SMILES string of the molecule is CCCCCCCCCCCCCCOC[C@H](COP(=O)(O)OCC1O[C@@](C#N)(c2ccc3c(N)ncnn23)[C@H](O)[C@@H]1O)OCc1cc(F)cc(C#N)c1. The lowest BCUT2D eigenvalue weighted by atomic mass is 9.92. The second-order valence-electron chi connectivity index (χ2n) is 13.5. The number of aliphatic hydroxyl groups is 2. The Morgan fingerprint density at radius 2 is 1.70 bits per heavy atom. The molecule has 0 bridgehead atoms. The minimum absolute atomic E-state index is 0.0148. The van der Waals surface area contributed by atoms with E-state index in [0.717, 1.165) is 31.7 Å². The van der Waals surface area contributed by atoms with Crippen molar-refractivity contribution in [2.75, 3.05) is 32.2 Å². The minimum Gasteiger partial charge on any atom is -0.387 e. The van der Waals surface area contributed by atoms with Gasteiger partial charge in [-0.2, -0.15) is 15.6 Å². The number of benzene rings is 1. The maximum Gasteiger partial charge on any atom is 0.472 e. The molecule has 1 aromatic carbocycles. The number of phosphoric ester groups is 1. The monoisotopic (exact) mass is 774 g/mol. The van der Waals surface area contributed by atoms with Gasteiger partial charge in [-0.3, -0.25) is 9.05 Å². The number of hydrogen-bond donors (Lipinski definition) is 4. The third-order valence-corrected chi connectivity index (χ3v) is 10.3. The van der Waals surface area contributed by atoms with Crippen LogP contribution in [0.3, 0.4) is 0 Å². The van der Waals surface area contributed by atoms with E-state index in [1.54, 1.807) is 0 Å². The van der Waals surface area contributed by atoms with Crippen molar-refractivity contribution in [3.05, 3.63) is 59.3 Å². The van der Waals surface area contributed by atoms with Crippen molar-refractivity contribution in [2.24, 2.45) is 0 Å². The first kappa shape index (κ1) is 43.2. The quantitative estimate of drug-likeness (QED) is 0.0607. The van der Waals surface area contributed by atoms with Gasteiger partial charge in [0.15, 0.2) is 5.82 Å². The fraction of sp³-hybridized carbons (Fsp3) is 0.622. The number of ether oxygens (including phenoxy) is 3. The van der Waals surface area contributed by atoms with E-state index in [4.69, 9.17) is 29.0 Å². The number of hydrogen-bond acceptors (Lipinski definition) is 13. The van der Waals surface area contributed by atoms with E-state index in [-0.39, 0.29) is 30.3 Å². The number of phosphoric acid groups is 1. The molecule has 1 saturated heterocycles. The molecule has 3 heterocycles. The molecule has 0 aliphatic carbocycles. The Morgan fingerprint density at radius 3 is 2.37 bits per heavy atom. The lowest BCUT2D eigenvalue weighted by Gasteiger charge is -2.24. The van der Waals surface area contributed by atoms with Crippen LogP contribution in [0.1, 0.15) is 101 Å². The summed E-state index contributed by atoms with van der Waals surface area (Å²) in [6.07, 6.45) is 9.72. The molecule has 2 aromatic heterocycles. The lowest BCUT2D eigenvalue weighted by molar-refractivity contribution is -0.0690. The highest BCUT2D eigenvalue weighted by Gasteiger charge is 2.58.